The summed E-state index contributed by atoms with van der Waals surface area (Å²) in [7, 11) is 0. The second-order valence-electron chi connectivity index (χ2n) is 7.21. The smallest absolute Gasteiger partial charge is 0.255 e. The van der Waals surface area contributed by atoms with Crippen molar-refractivity contribution in [1.82, 2.24) is 19.9 Å². The summed E-state index contributed by atoms with van der Waals surface area (Å²) < 4.78 is 6.03. The number of carbonyl (C=O) groups is 1. The Kier molecular flexibility index (Phi) is 6.40. The van der Waals surface area contributed by atoms with Gasteiger partial charge in [0.05, 0.1) is 10.6 Å². The lowest BCUT2D eigenvalue weighted by Crippen LogP contribution is -2.39. The van der Waals surface area contributed by atoms with Crippen molar-refractivity contribution in [2.24, 2.45) is 0 Å². The predicted molar refractivity (Wildman–Crippen MR) is 114 cm³/mol. The molecular formula is C20H24ClN5O2S. The predicted octanol–water partition coefficient (Wildman–Crippen LogP) is 3.53. The van der Waals surface area contributed by atoms with Gasteiger partial charge >= 0.3 is 0 Å². The maximum atomic E-state index is 12.5. The summed E-state index contributed by atoms with van der Waals surface area (Å²) in [6.07, 6.45) is 9.25. The van der Waals surface area contributed by atoms with Crippen LogP contribution < -0.4 is 9.64 Å². The number of piperidine rings is 1. The quantitative estimate of drug-likeness (QED) is 0.527. The van der Waals surface area contributed by atoms with Crippen molar-refractivity contribution >= 4 is 35.1 Å². The van der Waals surface area contributed by atoms with E-state index in [1.807, 2.05) is 11.2 Å². The molecule has 0 bridgehead atoms. The lowest BCUT2D eigenvalue weighted by atomic mass is 10.1. The Labute approximate surface area is 179 Å². The van der Waals surface area contributed by atoms with Crippen LogP contribution in [0.2, 0.25) is 5.02 Å². The fourth-order valence-corrected chi connectivity index (χ4v) is 4.36. The van der Waals surface area contributed by atoms with Gasteiger partial charge in [0.1, 0.15) is 11.9 Å². The van der Waals surface area contributed by atoms with E-state index >= 15 is 0 Å². The number of thioether (sulfide) groups is 1. The number of carbonyl (C=O) groups excluding carboxylic acids is 1. The Bertz CT molecular complexity index is 870. The van der Waals surface area contributed by atoms with Gasteiger partial charge in [0, 0.05) is 57.5 Å². The first-order valence-electron chi connectivity index (χ1n) is 9.87. The molecule has 2 saturated heterocycles. The molecule has 2 aliphatic heterocycles. The van der Waals surface area contributed by atoms with Gasteiger partial charge in [-0.3, -0.25) is 4.79 Å². The van der Waals surface area contributed by atoms with Gasteiger partial charge in [0.15, 0.2) is 5.16 Å². The molecule has 4 heterocycles. The Hall–Kier alpha value is -2.06. The summed E-state index contributed by atoms with van der Waals surface area (Å²) >= 11 is 7.98. The van der Waals surface area contributed by atoms with Gasteiger partial charge in [-0.05, 0) is 25.2 Å². The summed E-state index contributed by atoms with van der Waals surface area (Å²) in [5, 5.41) is 1.23. The molecule has 0 radical (unpaired) electrons. The summed E-state index contributed by atoms with van der Waals surface area (Å²) in [6, 6.07) is 3.54. The van der Waals surface area contributed by atoms with Gasteiger partial charge < -0.3 is 14.5 Å². The molecule has 0 unspecified atom stereocenters. The summed E-state index contributed by atoms with van der Waals surface area (Å²) in [5.41, 5.74) is 0.562. The minimum absolute atomic E-state index is 0.0185. The van der Waals surface area contributed by atoms with Crippen LogP contribution in [0.15, 0.2) is 29.7 Å². The van der Waals surface area contributed by atoms with Gasteiger partial charge in [-0.2, -0.15) is 4.98 Å². The minimum atomic E-state index is 0.0185. The normalized spacial score (nSPS) is 17.6. The molecule has 0 saturated carbocycles. The van der Waals surface area contributed by atoms with E-state index in [0.717, 1.165) is 57.7 Å². The Morgan fingerprint density at radius 3 is 2.66 bits per heavy atom. The third-order valence-corrected chi connectivity index (χ3v) is 6.12. The third-order valence-electron chi connectivity index (χ3n) is 5.28. The SMILES string of the molecule is CSc1nccc(OC2CCN(c3ncc(C(=O)N4CCCC4)cc3Cl)CC2)n1. The van der Waals surface area contributed by atoms with Crippen molar-refractivity contribution in [3.63, 3.8) is 0 Å². The molecule has 0 aliphatic carbocycles. The van der Waals surface area contributed by atoms with Crippen molar-refractivity contribution in [1.29, 1.82) is 0 Å². The number of likely N-dealkylation sites (tertiary alicyclic amines) is 1. The topological polar surface area (TPSA) is 71.5 Å². The number of anilines is 1. The highest BCUT2D eigenvalue weighted by atomic mass is 35.5. The van der Waals surface area contributed by atoms with Crippen LogP contribution >= 0.6 is 23.4 Å². The van der Waals surface area contributed by atoms with Gasteiger partial charge in [-0.1, -0.05) is 23.4 Å². The largest absolute Gasteiger partial charge is 0.474 e. The second kappa shape index (κ2) is 9.17. The van der Waals surface area contributed by atoms with Crippen molar-refractivity contribution in [2.75, 3.05) is 37.3 Å². The van der Waals surface area contributed by atoms with Crippen molar-refractivity contribution in [3.8, 4) is 5.88 Å². The van der Waals surface area contributed by atoms with E-state index < -0.39 is 0 Å². The fraction of sp³-hybridized carbons (Fsp3) is 0.500. The van der Waals surface area contributed by atoms with E-state index in [0.29, 0.717) is 21.6 Å². The molecule has 0 aromatic carbocycles. The highest BCUT2D eigenvalue weighted by Gasteiger charge is 2.25. The summed E-state index contributed by atoms with van der Waals surface area (Å²) in [4.78, 5) is 29.6. The second-order valence-corrected chi connectivity index (χ2v) is 8.40. The van der Waals surface area contributed by atoms with Crippen LogP contribution in [0.3, 0.4) is 0 Å². The lowest BCUT2D eigenvalue weighted by molar-refractivity contribution is 0.0792. The zero-order valence-corrected chi connectivity index (χ0v) is 18.0. The first-order valence-corrected chi connectivity index (χ1v) is 11.5. The van der Waals surface area contributed by atoms with Gasteiger partial charge in [0.25, 0.3) is 5.91 Å². The number of nitrogens with zero attached hydrogens (tertiary/aromatic N) is 5. The van der Waals surface area contributed by atoms with E-state index in [2.05, 4.69) is 19.9 Å². The maximum absolute atomic E-state index is 12.5. The monoisotopic (exact) mass is 433 g/mol. The van der Waals surface area contributed by atoms with E-state index in [1.165, 1.54) is 11.8 Å². The number of hydrogen-bond acceptors (Lipinski definition) is 7. The van der Waals surface area contributed by atoms with E-state index in [1.54, 1.807) is 24.5 Å². The van der Waals surface area contributed by atoms with Gasteiger partial charge in [-0.25, -0.2) is 9.97 Å². The van der Waals surface area contributed by atoms with Crippen molar-refractivity contribution in [2.45, 2.75) is 36.9 Å². The van der Waals surface area contributed by atoms with Crippen molar-refractivity contribution in [3.05, 3.63) is 35.1 Å². The molecule has 2 aliphatic rings. The van der Waals surface area contributed by atoms with Crippen LogP contribution in [0.5, 0.6) is 5.88 Å². The molecule has 9 heteroatoms. The zero-order chi connectivity index (χ0) is 20.2. The summed E-state index contributed by atoms with van der Waals surface area (Å²) in [5.74, 6) is 1.36. The van der Waals surface area contributed by atoms with Crippen LogP contribution in [0.1, 0.15) is 36.0 Å². The van der Waals surface area contributed by atoms with E-state index in [9.17, 15) is 4.79 Å². The van der Waals surface area contributed by atoms with Crippen LogP contribution in [0, 0.1) is 0 Å². The van der Waals surface area contributed by atoms with Crippen LogP contribution in [-0.2, 0) is 0 Å². The lowest BCUT2D eigenvalue weighted by Gasteiger charge is -2.33. The van der Waals surface area contributed by atoms with Crippen LogP contribution in [0.25, 0.3) is 0 Å². The first-order chi connectivity index (χ1) is 14.1. The average Bonchev–Trinajstić information content (AvgIpc) is 3.29. The highest BCUT2D eigenvalue weighted by Crippen LogP contribution is 2.28. The first kappa shape index (κ1) is 20.2. The van der Waals surface area contributed by atoms with Gasteiger partial charge in [-0.15, -0.1) is 0 Å². The van der Waals surface area contributed by atoms with Crippen LogP contribution in [0.4, 0.5) is 5.82 Å². The molecule has 2 fully saturated rings. The zero-order valence-electron chi connectivity index (χ0n) is 16.4. The molecule has 0 atom stereocenters. The molecule has 1 amide bonds. The minimum Gasteiger partial charge on any atom is -0.474 e. The van der Waals surface area contributed by atoms with Crippen molar-refractivity contribution < 1.29 is 9.53 Å². The van der Waals surface area contributed by atoms with E-state index in [4.69, 9.17) is 16.3 Å². The Morgan fingerprint density at radius 1 is 1.21 bits per heavy atom. The number of ether oxygens (including phenoxy) is 1. The number of pyridine rings is 1. The molecule has 2 aromatic heterocycles. The number of aromatic nitrogens is 3. The molecule has 0 N–H and O–H groups in total. The average molecular weight is 434 g/mol. The molecule has 2 aromatic rings. The number of rotatable bonds is 5. The maximum Gasteiger partial charge on any atom is 0.255 e. The summed E-state index contributed by atoms with van der Waals surface area (Å²) in [6.45, 7) is 3.21. The molecule has 29 heavy (non-hydrogen) atoms. The molecule has 0 spiro atoms. The molecule has 154 valence electrons. The van der Waals surface area contributed by atoms with E-state index in [-0.39, 0.29) is 12.0 Å². The highest BCUT2D eigenvalue weighted by molar-refractivity contribution is 7.98. The third kappa shape index (κ3) is 4.75. The molecule has 4 rings (SSSR count). The standard InChI is InChI=1S/C20H24ClN5O2S/c1-29-20-22-7-4-17(24-20)28-15-5-10-25(11-6-15)18-16(21)12-14(13-23-18)19(27)26-8-2-3-9-26/h4,7,12-13,15H,2-3,5-6,8-11H2,1H3. The van der Waals surface area contributed by atoms with Crippen LogP contribution in [-0.4, -0.2) is 64.3 Å². The fourth-order valence-electron chi connectivity index (χ4n) is 3.73. The Balaban J connectivity index is 1.36. The molecule has 7 nitrogen and oxygen atoms in total. The van der Waals surface area contributed by atoms with Gasteiger partial charge in [0.2, 0.25) is 5.88 Å². The number of halogens is 1. The number of hydrogen-bond donors (Lipinski definition) is 0. The number of amides is 1. The Morgan fingerprint density at radius 2 is 1.97 bits per heavy atom. The molecular weight excluding hydrogens is 410 g/mol.